The Labute approximate surface area is 286 Å². The Bertz CT molecular complexity index is 522. The van der Waals surface area contributed by atoms with Crippen LogP contribution >= 0.6 is 0 Å². The van der Waals surface area contributed by atoms with Crippen LogP contribution in [0.15, 0.2) is 0 Å². The zero-order valence-electron chi connectivity index (χ0n) is 32.1. The molecule has 0 saturated carbocycles. The van der Waals surface area contributed by atoms with Crippen molar-refractivity contribution in [2.45, 2.75) is 245 Å². The van der Waals surface area contributed by atoms with E-state index in [2.05, 4.69) is 37.9 Å². The quantitative estimate of drug-likeness (QED) is 0.0660. The Morgan fingerprint density at radius 3 is 1.02 bits per heavy atom. The van der Waals surface area contributed by atoms with E-state index in [1.807, 2.05) is 0 Å². The molecule has 0 aromatic carbocycles. The van der Waals surface area contributed by atoms with Gasteiger partial charge in [0.2, 0.25) is 0 Å². The van der Waals surface area contributed by atoms with E-state index >= 15 is 0 Å². The summed E-state index contributed by atoms with van der Waals surface area (Å²) in [6, 6.07) is 0.835. The van der Waals surface area contributed by atoms with Crippen molar-refractivity contribution in [1.29, 1.82) is 0 Å². The van der Waals surface area contributed by atoms with E-state index in [0.717, 1.165) is 13.1 Å². The first kappa shape index (κ1) is 44.9. The standard InChI is InChI=1S/C42H89N3/c1-5-7-9-11-13-15-17-19-21-23-25-27-29-31-33-35-37-44-39-42(4)45(40-41(3)43)38-36-34-32-30-28-26-24-22-20-18-16-14-12-10-8-6-2/h41-42,44H,5-40,43H2,1-4H3. The number of hydrogen-bond donors (Lipinski definition) is 2. The van der Waals surface area contributed by atoms with Gasteiger partial charge in [-0.25, -0.2) is 0 Å². The lowest BCUT2D eigenvalue weighted by Crippen LogP contribution is -2.46. The maximum absolute atomic E-state index is 6.23. The zero-order chi connectivity index (χ0) is 32.9. The number of unbranched alkanes of at least 4 members (excludes halogenated alkanes) is 30. The van der Waals surface area contributed by atoms with Crippen LogP contribution in [0, 0.1) is 0 Å². The summed E-state index contributed by atoms with van der Waals surface area (Å²) in [5.41, 5.74) is 6.23. The van der Waals surface area contributed by atoms with Gasteiger partial charge in [-0.05, 0) is 39.8 Å². The van der Waals surface area contributed by atoms with Gasteiger partial charge in [0.1, 0.15) is 0 Å². The van der Waals surface area contributed by atoms with Crippen LogP contribution < -0.4 is 11.1 Å². The molecule has 0 saturated heterocycles. The topological polar surface area (TPSA) is 41.3 Å². The van der Waals surface area contributed by atoms with Crippen LogP contribution in [0.5, 0.6) is 0 Å². The molecular formula is C42H89N3. The smallest absolute Gasteiger partial charge is 0.0193 e. The molecule has 3 nitrogen and oxygen atoms in total. The molecule has 45 heavy (non-hydrogen) atoms. The third kappa shape index (κ3) is 36.6. The summed E-state index contributed by atoms with van der Waals surface area (Å²) in [7, 11) is 0. The molecule has 0 rings (SSSR count). The highest BCUT2D eigenvalue weighted by Gasteiger charge is 2.14. The van der Waals surface area contributed by atoms with E-state index in [4.69, 9.17) is 5.73 Å². The van der Waals surface area contributed by atoms with Gasteiger partial charge in [0.25, 0.3) is 0 Å². The zero-order valence-corrected chi connectivity index (χ0v) is 32.1. The summed E-state index contributed by atoms with van der Waals surface area (Å²) in [5, 5.41) is 3.76. The molecule has 2 unspecified atom stereocenters. The molecule has 0 aliphatic carbocycles. The van der Waals surface area contributed by atoms with Gasteiger partial charge in [0, 0.05) is 25.2 Å². The number of nitrogens with two attached hydrogens (primary N) is 1. The molecule has 0 aliphatic heterocycles. The molecule has 272 valence electrons. The molecule has 3 heteroatoms. The van der Waals surface area contributed by atoms with Crippen LogP contribution in [0.4, 0.5) is 0 Å². The van der Waals surface area contributed by atoms with Crippen LogP contribution in [0.2, 0.25) is 0 Å². The third-order valence-corrected chi connectivity index (χ3v) is 10.1. The van der Waals surface area contributed by atoms with Crippen LogP contribution in [-0.4, -0.2) is 43.2 Å². The Morgan fingerprint density at radius 2 is 0.711 bits per heavy atom. The molecule has 0 aromatic heterocycles. The minimum atomic E-state index is 0.258. The van der Waals surface area contributed by atoms with Crippen LogP contribution in [-0.2, 0) is 0 Å². The number of nitrogens with one attached hydrogen (secondary N) is 1. The highest BCUT2D eigenvalue weighted by atomic mass is 15.2. The summed E-state index contributed by atoms with van der Waals surface area (Å²) in [4.78, 5) is 2.65. The second-order valence-corrected chi connectivity index (χ2v) is 15.1. The van der Waals surface area contributed by atoms with Crippen molar-refractivity contribution in [2.24, 2.45) is 5.73 Å². The summed E-state index contributed by atoms with van der Waals surface area (Å²) < 4.78 is 0. The van der Waals surface area contributed by atoms with Gasteiger partial charge in [-0.3, -0.25) is 4.90 Å². The summed E-state index contributed by atoms with van der Waals surface area (Å²) in [6.45, 7) is 13.7. The highest BCUT2D eigenvalue weighted by Crippen LogP contribution is 2.15. The molecule has 0 fully saturated rings. The Morgan fingerprint density at radius 1 is 0.422 bits per heavy atom. The molecule has 2 atom stereocenters. The molecule has 0 amide bonds. The maximum Gasteiger partial charge on any atom is 0.0193 e. The molecule has 3 N–H and O–H groups in total. The molecule has 0 bridgehead atoms. The lowest BCUT2D eigenvalue weighted by molar-refractivity contribution is 0.191. The van der Waals surface area contributed by atoms with Crippen molar-refractivity contribution in [3.63, 3.8) is 0 Å². The summed E-state index contributed by atoms with van der Waals surface area (Å²) >= 11 is 0. The van der Waals surface area contributed by atoms with Crippen LogP contribution in [0.3, 0.4) is 0 Å². The Balaban J connectivity index is 3.56. The van der Waals surface area contributed by atoms with Crippen LogP contribution in [0.25, 0.3) is 0 Å². The van der Waals surface area contributed by atoms with Gasteiger partial charge in [0.05, 0.1) is 0 Å². The fraction of sp³-hybridized carbons (Fsp3) is 1.00. The normalized spacial score (nSPS) is 13.2. The van der Waals surface area contributed by atoms with Gasteiger partial charge in [-0.15, -0.1) is 0 Å². The SMILES string of the molecule is CCCCCCCCCCCCCCCCCCNCC(C)N(CCCCCCCCCCCCCCCCCC)CC(C)N. The van der Waals surface area contributed by atoms with Gasteiger partial charge in [0.15, 0.2) is 0 Å². The molecular weight excluding hydrogens is 546 g/mol. The Hall–Kier alpha value is -0.120. The maximum atomic E-state index is 6.23. The first-order chi connectivity index (χ1) is 22.1. The molecule has 0 radical (unpaired) electrons. The van der Waals surface area contributed by atoms with E-state index in [1.165, 1.54) is 219 Å². The fourth-order valence-electron chi connectivity index (χ4n) is 6.96. The average Bonchev–Trinajstić information content (AvgIpc) is 3.03. The second kappa shape index (κ2) is 38.3. The molecule has 0 aromatic rings. The molecule has 0 aliphatic rings. The lowest BCUT2D eigenvalue weighted by Gasteiger charge is -2.31. The average molecular weight is 636 g/mol. The number of rotatable bonds is 39. The largest absolute Gasteiger partial charge is 0.327 e. The molecule has 0 heterocycles. The van der Waals surface area contributed by atoms with E-state index in [9.17, 15) is 0 Å². The molecule has 0 spiro atoms. The van der Waals surface area contributed by atoms with Crippen LogP contribution in [0.1, 0.15) is 233 Å². The highest BCUT2D eigenvalue weighted by molar-refractivity contribution is 4.73. The van der Waals surface area contributed by atoms with E-state index in [1.54, 1.807) is 0 Å². The van der Waals surface area contributed by atoms with Crippen molar-refractivity contribution in [2.75, 3.05) is 26.2 Å². The van der Waals surface area contributed by atoms with E-state index < -0.39 is 0 Å². The summed E-state index contributed by atoms with van der Waals surface area (Å²) in [6.07, 6.45) is 46.0. The second-order valence-electron chi connectivity index (χ2n) is 15.1. The van der Waals surface area contributed by atoms with Gasteiger partial charge in [-0.2, -0.15) is 0 Å². The third-order valence-electron chi connectivity index (χ3n) is 10.1. The van der Waals surface area contributed by atoms with E-state index in [0.29, 0.717) is 6.04 Å². The van der Waals surface area contributed by atoms with Crippen molar-refractivity contribution in [1.82, 2.24) is 10.2 Å². The number of hydrogen-bond acceptors (Lipinski definition) is 3. The predicted molar refractivity (Wildman–Crippen MR) is 207 cm³/mol. The minimum absolute atomic E-state index is 0.258. The Kier molecular flexibility index (Phi) is 38.2. The first-order valence-corrected chi connectivity index (χ1v) is 21.3. The minimum Gasteiger partial charge on any atom is -0.327 e. The van der Waals surface area contributed by atoms with E-state index in [-0.39, 0.29) is 6.04 Å². The van der Waals surface area contributed by atoms with Crippen molar-refractivity contribution in [3.05, 3.63) is 0 Å². The number of nitrogens with zero attached hydrogens (tertiary/aromatic N) is 1. The van der Waals surface area contributed by atoms with Crippen molar-refractivity contribution >= 4 is 0 Å². The first-order valence-electron chi connectivity index (χ1n) is 21.3. The van der Waals surface area contributed by atoms with Gasteiger partial charge >= 0.3 is 0 Å². The monoisotopic (exact) mass is 636 g/mol. The van der Waals surface area contributed by atoms with Crippen molar-refractivity contribution < 1.29 is 0 Å². The predicted octanol–water partition coefficient (Wildman–Crippen LogP) is 13.1. The summed E-state index contributed by atoms with van der Waals surface area (Å²) in [5.74, 6) is 0. The van der Waals surface area contributed by atoms with Gasteiger partial charge in [-0.1, -0.05) is 206 Å². The van der Waals surface area contributed by atoms with Crippen molar-refractivity contribution in [3.8, 4) is 0 Å². The lowest BCUT2D eigenvalue weighted by atomic mass is 10.0. The fourth-order valence-corrected chi connectivity index (χ4v) is 6.96. The van der Waals surface area contributed by atoms with Gasteiger partial charge < -0.3 is 11.1 Å².